The molecule has 10 nitrogen and oxygen atoms in total. The second-order valence-corrected chi connectivity index (χ2v) is 8.38. The van der Waals surface area contributed by atoms with Crippen molar-refractivity contribution in [3.63, 3.8) is 0 Å². The number of hydrogen-bond acceptors (Lipinski definition) is 8. The number of nitrogens with one attached hydrogen (secondary N) is 3. The summed E-state index contributed by atoms with van der Waals surface area (Å²) in [6.07, 6.45) is 3.77. The van der Waals surface area contributed by atoms with Crippen LogP contribution in [-0.2, 0) is 0 Å². The first kappa shape index (κ1) is 26.0. The fraction of sp³-hybridized carbons (Fsp3) is 0.360. The van der Waals surface area contributed by atoms with Gasteiger partial charge < -0.3 is 24.8 Å². The highest BCUT2D eigenvalue weighted by molar-refractivity contribution is 5.82. The number of aromatic amines is 2. The van der Waals surface area contributed by atoms with Crippen LogP contribution in [0.2, 0.25) is 0 Å². The standard InChI is InChI=1S/C23H25F2N9O.C2H6/c1-4-5-14-11-17(32-31-14)27-16-12-18(29-23(28-16)34-8-6-33(3)7-9-34)35-22-19(24)15-10-13(2)26-20(15)21(25)30-22;1-2/h4-5,10-12,26H,6-9H2,1-3H3,(H2,27,28,29,31,32);1-2H3/b5-4+;. The highest BCUT2D eigenvalue weighted by atomic mass is 19.1. The lowest BCUT2D eigenvalue weighted by molar-refractivity contribution is 0.310. The van der Waals surface area contributed by atoms with E-state index in [1.54, 1.807) is 6.92 Å². The van der Waals surface area contributed by atoms with Crippen LogP contribution in [0.15, 0.2) is 24.3 Å². The molecule has 4 aromatic heterocycles. The van der Waals surface area contributed by atoms with Gasteiger partial charge in [-0.05, 0) is 33.0 Å². The third-order valence-corrected chi connectivity index (χ3v) is 5.66. The normalized spacial score (nSPS) is 14.2. The van der Waals surface area contributed by atoms with Gasteiger partial charge in [-0.3, -0.25) is 5.10 Å². The lowest BCUT2D eigenvalue weighted by Gasteiger charge is -2.32. The number of halogens is 2. The number of allylic oxidation sites excluding steroid dienone is 1. The molecule has 3 N–H and O–H groups in total. The number of H-pyrrole nitrogens is 2. The Balaban J connectivity index is 0.00000156. The van der Waals surface area contributed by atoms with Crippen LogP contribution in [0.5, 0.6) is 11.8 Å². The number of hydrogen-bond donors (Lipinski definition) is 3. The first-order valence-electron chi connectivity index (χ1n) is 12.2. The maximum Gasteiger partial charge on any atom is 0.260 e. The van der Waals surface area contributed by atoms with E-state index in [2.05, 4.69) is 40.3 Å². The van der Waals surface area contributed by atoms with Gasteiger partial charge in [0, 0.05) is 49.4 Å². The Morgan fingerprint density at radius 2 is 1.78 bits per heavy atom. The number of rotatable bonds is 6. The van der Waals surface area contributed by atoms with Gasteiger partial charge in [0.2, 0.25) is 17.8 Å². The largest absolute Gasteiger partial charge is 0.417 e. The molecule has 0 amide bonds. The Morgan fingerprint density at radius 3 is 2.51 bits per heavy atom. The second kappa shape index (κ2) is 11.3. The summed E-state index contributed by atoms with van der Waals surface area (Å²) in [4.78, 5) is 19.7. The summed E-state index contributed by atoms with van der Waals surface area (Å²) in [5, 5.41) is 10.3. The first-order chi connectivity index (χ1) is 17.9. The molecule has 37 heavy (non-hydrogen) atoms. The quantitative estimate of drug-likeness (QED) is 0.310. The Kier molecular flexibility index (Phi) is 7.97. The van der Waals surface area contributed by atoms with Crippen molar-refractivity contribution in [2.75, 3.05) is 43.4 Å². The summed E-state index contributed by atoms with van der Waals surface area (Å²) in [5.41, 5.74) is 1.42. The van der Waals surface area contributed by atoms with Gasteiger partial charge in [-0.1, -0.05) is 19.9 Å². The predicted molar refractivity (Wildman–Crippen MR) is 140 cm³/mol. The number of pyridine rings is 1. The summed E-state index contributed by atoms with van der Waals surface area (Å²) >= 11 is 0. The van der Waals surface area contributed by atoms with Crippen LogP contribution in [0, 0.1) is 18.7 Å². The van der Waals surface area contributed by atoms with E-state index in [0.717, 1.165) is 18.8 Å². The predicted octanol–water partition coefficient (Wildman–Crippen LogP) is 5.01. The van der Waals surface area contributed by atoms with E-state index in [0.29, 0.717) is 36.4 Å². The zero-order valence-corrected chi connectivity index (χ0v) is 21.6. The van der Waals surface area contributed by atoms with Crippen molar-refractivity contribution in [2.45, 2.75) is 27.7 Å². The van der Waals surface area contributed by atoms with Crippen LogP contribution in [0.4, 0.5) is 26.4 Å². The molecule has 1 aliphatic heterocycles. The van der Waals surface area contributed by atoms with Crippen molar-refractivity contribution < 1.29 is 13.5 Å². The Morgan fingerprint density at radius 1 is 1.03 bits per heavy atom. The summed E-state index contributed by atoms with van der Waals surface area (Å²) in [5.74, 6) is -0.779. The van der Waals surface area contributed by atoms with Crippen LogP contribution >= 0.6 is 0 Å². The molecule has 0 aliphatic carbocycles. The highest BCUT2D eigenvalue weighted by Crippen LogP contribution is 2.31. The van der Waals surface area contributed by atoms with Crippen molar-refractivity contribution in [1.82, 2.24) is 35.0 Å². The highest BCUT2D eigenvalue weighted by Gasteiger charge is 2.22. The van der Waals surface area contributed by atoms with Crippen molar-refractivity contribution in [1.29, 1.82) is 0 Å². The molecule has 5 rings (SSSR count). The van der Waals surface area contributed by atoms with Crippen LogP contribution in [0.25, 0.3) is 17.0 Å². The van der Waals surface area contributed by atoms with Gasteiger partial charge >= 0.3 is 0 Å². The van der Waals surface area contributed by atoms with Crippen molar-refractivity contribution in [3.05, 3.63) is 47.4 Å². The van der Waals surface area contributed by atoms with Crippen LogP contribution < -0.4 is 15.0 Å². The number of likely N-dealkylation sites (N-methyl/N-ethyl adjacent to an activating group) is 1. The average molecular weight is 512 g/mol. The monoisotopic (exact) mass is 511 g/mol. The van der Waals surface area contributed by atoms with E-state index < -0.39 is 17.6 Å². The van der Waals surface area contributed by atoms with E-state index in [4.69, 9.17) is 4.74 Å². The van der Waals surface area contributed by atoms with E-state index in [1.807, 2.05) is 50.9 Å². The van der Waals surface area contributed by atoms with Crippen LogP contribution in [0.3, 0.4) is 0 Å². The van der Waals surface area contributed by atoms with Crippen molar-refractivity contribution >= 4 is 34.6 Å². The number of aromatic nitrogens is 6. The first-order valence-corrected chi connectivity index (χ1v) is 12.2. The molecule has 4 aromatic rings. The SMILES string of the molecule is C/C=C/c1cc(Nc2cc(Oc3nc(F)c4[nH]c(C)cc4c3F)nc(N3CCN(C)CC3)n2)n[nH]1.CC. The molecule has 1 aliphatic rings. The maximum absolute atomic E-state index is 15.1. The Bertz CT molecular complexity index is 1390. The zero-order chi connectivity index (χ0) is 26.5. The minimum absolute atomic E-state index is 0.00835. The van der Waals surface area contributed by atoms with Crippen LogP contribution in [0.1, 0.15) is 32.2 Å². The molecule has 0 saturated carbocycles. The molecule has 1 fully saturated rings. The van der Waals surface area contributed by atoms with E-state index in [1.165, 1.54) is 12.1 Å². The minimum atomic E-state index is -0.857. The molecule has 0 aromatic carbocycles. The van der Waals surface area contributed by atoms with Gasteiger partial charge in [-0.2, -0.15) is 24.4 Å². The summed E-state index contributed by atoms with van der Waals surface area (Å²) in [6.45, 7) is 10.7. The van der Waals surface area contributed by atoms with Crippen LogP contribution in [-0.4, -0.2) is 68.3 Å². The molecule has 0 radical (unpaired) electrons. The van der Waals surface area contributed by atoms with Gasteiger partial charge in [0.05, 0.1) is 5.69 Å². The zero-order valence-electron chi connectivity index (χ0n) is 21.6. The molecule has 0 unspecified atom stereocenters. The molecule has 0 bridgehead atoms. The topological polar surface area (TPSA) is 111 Å². The van der Waals surface area contributed by atoms with E-state index in [-0.39, 0.29) is 16.8 Å². The third kappa shape index (κ3) is 5.85. The molecular formula is C25H31F2N9O. The van der Waals surface area contributed by atoms with Gasteiger partial charge in [-0.15, -0.1) is 0 Å². The number of aryl methyl sites for hydroxylation is 1. The molecule has 0 atom stereocenters. The van der Waals surface area contributed by atoms with Gasteiger partial charge in [0.15, 0.2) is 11.6 Å². The number of nitrogens with zero attached hydrogens (tertiary/aromatic N) is 6. The lowest BCUT2D eigenvalue weighted by Crippen LogP contribution is -2.45. The Labute approximate surface area is 213 Å². The molecular weight excluding hydrogens is 480 g/mol. The summed E-state index contributed by atoms with van der Waals surface area (Å²) in [6, 6.07) is 4.82. The summed E-state index contributed by atoms with van der Waals surface area (Å²) < 4.78 is 35.3. The Hall–Kier alpha value is -4.06. The van der Waals surface area contributed by atoms with Gasteiger partial charge in [0.25, 0.3) is 5.88 Å². The fourth-order valence-corrected chi connectivity index (χ4v) is 3.87. The molecule has 1 saturated heterocycles. The fourth-order valence-electron chi connectivity index (χ4n) is 3.87. The average Bonchev–Trinajstić information content (AvgIpc) is 3.50. The maximum atomic E-state index is 15.1. The number of fused-ring (bicyclic) bond motifs is 1. The summed E-state index contributed by atoms with van der Waals surface area (Å²) in [7, 11) is 2.05. The molecule has 196 valence electrons. The smallest absolute Gasteiger partial charge is 0.260 e. The molecule has 12 heteroatoms. The minimum Gasteiger partial charge on any atom is -0.417 e. The lowest BCUT2D eigenvalue weighted by atomic mass is 10.3. The second-order valence-electron chi connectivity index (χ2n) is 8.38. The number of anilines is 3. The number of piperazine rings is 1. The van der Waals surface area contributed by atoms with Crippen molar-refractivity contribution in [3.8, 4) is 11.8 Å². The molecule has 5 heterocycles. The van der Waals surface area contributed by atoms with E-state index >= 15 is 4.39 Å². The van der Waals surface area contributed by atoms with Gasteiger partial charge in [0.1, 0.15) is 11.3 Å². The third-order valence-electron chi connectivity index (χ3n) is 5.66. The van der Waals surface area contributed by atoms with E-state index in [9.17, 15) is 4.39 Å². The molecule has 0 spiro atoms. The van der Waals surface area contributed by atoms with Crippen molar-refractivity contribution in [2.24, 2.45) is 0 Å². The van der Waals surface area contributed by atoms with Gasteiger partial charge in [-0.25, -0.2) is 4.39 Å². The number of ether oxygens (including phenoxy) is 1.